The van der Waals surface area contributed by atoms with Gasteiger partial charge in [-0.15, -0.1) is 11.6 Å². The summed E-state index contributed by atoms with van der Waals surface area (Å²) >= 11 is 5.34. The Hall–Kier alpha value is -0.240. The molecule has 10 heavy (non-hydrogen) atoms. The Balaban J connectivity index is 3.61. The molecule has 0 unspecified atom stereocenters. The van der Waals surface area contributed by atoms with Gasteiger partial charge in [-0.05, 0) is 5.92 Å². The lowest BCUT2D eigenvalue weighted by Gasteiger charge is -2.17. The number of rotatable bonds is 3. The Morgan fingerprint density at radius 1 is 1.60 bits per heavy atom. The van der Waals surface area contributed by atoms with Crippen LogP contribution in [0.3, 0.4) is 0 Å². The first-order chi connectivity index (χ1) is 4.57. The van der Waals surface area contributed by atoms with E-state index in [0.717, 1.165) is 6.54 Å². The lowest BCUT2D eigenvalue weighted by atomic mass is 10.2. The zero-order chi connectivity index (χ0) is 8.15. The minimum Gasteiger partial charge on any atom is -0.344 e. The molecule has 0 spiro atoms. The van der Waals surface area contributed by atoms with Crippen LogP contribution < -0.4 is 0 Å². The van der Waals surface area contributed by atoms with Gasteiger partial charge in [0.1, 0.15) is 5.88 Å². The van der Waals surface area contributed by atoms with Gasteiger partial charge < -0.3 is 4.90 Å². The first kappa shape index (κ1) is 9.76. The number of hydrogen-bond donors (Lipinski definition) is 0. The van der Waals surface area contributed by atoms with E-state index in [0.29, 0.717) is 5.92 Å². The summed E-state index contributed by atoms with van der Waals surface area (Å²) in [6, 6.07) is 0. The van der Waals surface area contributed by atoms with Crippen LogP contribution in [-0.4, -0.2) is 30.3 Å². The standard InChI is InChI=1S/C7H14ClNO/c1-6(2)5-9(3)7(10)4-8/h6H,4-5H2,1-3H3. The van der Waals surface area contributed by atoms with Crippen molar-refractivity contribution in [3.8, 4) is 0 Å². The number of halogens is 1. The quantitative estimate of drug-likeness (QED) is 0.575. The van der Waals surface area contributed by atoms with Gasteiger partial charge in [0.2, 0.25) is 5.91 Å². The number of amides is 1. The summed E-state index contributed by atoms with van der Waals surface area (Å²) in [7, 11) is 1.77. The summed E-state index contributed by atoms with van der Waals surface area (Å²) < 4.78 is 0. The van der Waals surface area contributed by atoms with Crippen molar-refractivity contribution in [1.29, 1.82) is 0 Å². The summed E-state index contributed by atoms with van der Waals surface area (Å²) in [4.78, 5) is 12.5. The fraction of sp³-hybridized carbons (Fsp3) is 0.857. The van der Waals surface area contributed by atoms with Gasteiger partial charge in [0.05, 0.1) is 0 Å². The molecule has 0 radical (unpaired) electrons. The molecule has 3 heteroatoms. The van der Waals surface area contributed by atoms with E-state index >= 15 is 0 Å². The molecular weight excluding hydrogens is 150 g/mol. The average Bonchev–Trinajstić information content (AvgIpc) is 1.85. The molecule has 0 heterocycles. The highest BCUT2D eigenvalue weighted by Crippen LogP contribution is 1.96. The van der Waals surface area contributed by atoms with E-state index in [2.05, 4.69) is 13.8 Å². The Morgan fingerprint density at radius 2 is 2.10 bits per heavy atom. The van der Waals surface area contributed by atoms with Crippen LogP contribution in [0.1, 0.15) is 13.8 Å². The van der Waals surface area contributed by atoms with Crippen LogP contribution in [0.2, 0.25) is 0 Å². The maximum absolute atomic E-state index is 10.8. The fourth-order valence-electron chi connectivity index (χ4n) is 0.752. The van der Waals surface area contributed by atoms with Gasteiger partial charge in [-0.25, -0.2) is 0 Å². The first-order valence-electron chi connectivity index (χ1n) is 3.37. The molecule has 1 amide bonds. The summed E-state index contributed by atoms with van der Waals surface area (Å²) in [6.07, 6.45) is 0. The van der Waals surface area contributed by atoms with Crippen molar-refractivity contribution in [3.05, 3.63) is 0 Å². The molecule has 0 aliphatic heterocycles. The van der Waals surface area contributed by atoms with Crippen molar-refractivity contribution < 1.29 is 4.79 Å². The molecule has 0 saturated carbocycles. The van der Waals surface area contributed by atoms with Crippen molar-refractivity contribution in [2.24, 2.45) is 5.92 Å². The Bertz CT molecular complexity index is 114. The van der Waals surface area contributed by atoms with E-state index in [-0.39, 0.29) is 11.8 Å². The van der Waals surface area contributed by atoms with Crippen LogP contribution in [-0.2, 0) is 4.79 Å². The molecule has 0 aromatic rings. The second-order valence-electron chi connectivity index (χ2n) is 2.80. The topological polar surface area (TPSA) is 20.3 Å². The smallest absolute Gasteiger partial charge is 0.237 e. The van der Waals surface area contributed by atoms with Gasteiger partial charge in [-0.1, -0.05) is 13.8 Å². The minimum absolute atomic E-state index is 0.00429. The Morgan fingerprint density at radius 3 is 2.40 bits per heavy atom. The predicted octanol–water partition coefficient (Wildman–Crippen LogP) is 1.34. The highest BCUT2D eigenvalue weighted by atomic mass is 35.5. The molecule has 0 rings (SSSR count). The molecular formula is C7H14ClNO. The summed E-state index contributed by atoms with van der Waals surface area (Å²) in [5.41, 5.74) is 0. The van der Waals surface area contributed by atoms with Crippen molar-refractivity contribution in [1.82, 2.24) is 4.90 Å². The maximum atomic E-state index is 10.8. The Kier molecular flexibility index (Phi) is 4.45. The monoisotopic (exact) mass is 163 g/mol. The van der Waals surface area contributed by atoms with Gasteiger partial charge in [0.15, 0.2) is 0 Å². The molecule has 2 nitrogen and oxygen atoms in total. The molecule has 0 aromatic carbocycles. The zero-order valence-electron chi connectivity index (χ0n) is 6.72. The third-order valence-corrected chi connectivity index (χ3v) is 1.41. The highest BCUT2D eigenvalue weighted by Gasteiger charge is 2.07. The van der Waals surface area contributed by atoms with Gasteiger partial charge >= 0.3 is 0 Å². The minimum atomic E-state index is -0.00429. The van der Waals surface area contributed by atoms with Crippen molar-refractivity contribution in [2.75, 3.05) is 19.5 Å². The van der Waals surface area contributed by atoms with E-state index in [1.165, 1.54) is 0 Å². The fourth-order valence-corrected chi connectivity index (χ4v) is 0.956. The second kappa shape index (κ2) is 4.56. The van der Waals surface area contributed by atoms with E-state index in [4.69, 9.17) is 11.6 Å². The van der Waals surface area contributed by atoms with Crippen molar-refractivity contribution in [3.63, 3.8) is 0 Å². The largest absolute Gasteiger partial charge is 0.344 e. The van der Waals surface area contributed by atoms with Crippen LogP contribution in [0.15, 0.2) is 0 Å². The molecule has 0 aliphatic rings. The third-order valence-electron chi connectivity index (χ3n) is 1.18. The van der Waals surface area contributed by atoms with Crippen LogP contribution in [0, 0.1) is 5.92 Å². The maximum Gasteiger partial charge on any atom is 0.237 e. The van der Waals surface area contributed by atoms with E-state index in [1.807, 2.05) is 0 Å². The number of hydrogen-bond acceptors (Lipinski definition) is 1. The van der Waals surface area contributed by atoms with Crippen molar-refractivity contribution in [2.45, 2.75) is 13.8 Å². The molecule has 0 aliphatic carbocycles. The van der Waals surface area contributed by atoms with E-state index in [9.17, 15) is 4.79 Å². The Labute approximate surface area is 67.2 Å². The van der Waals surface area contributed by atoms with Gasteiger partial charge in [-0.3, -0.25) is 4.79 Å². The molecule has 60 valence electrons. The molecule has 0 N–H and O–H groups in total. The van der Waals surface area contributed by atoms with Crippen LogP contribution >= 0.6 is 11.6 Å². The molecule has 0 atom stereocenters. The second-order valence-corrected chi connectivity index (χ2v) is 3.07. The normalized spacial score (nSPS) is 10.1. The van der Waals surface area contributed by atoms with Gasteiger partial charge in [-0.2, -0.15) is 0 Å². The lowest BCUT2D eigenvalue weighted by Crippen LogP contribution is -2.30. The molecule has 0 bridgehead atoms. The number of nitrogens with zero attached hydrogens (tertiary/aromatic N) is 1. The SMILES string of the molecule is CC(C)CN(C)C(=O)CCl. The third kappa shape index (κ3) is 3.72. The van der Waals surface area contributed by atoms with Gasteiger partial charge in [0, 0.05) is 13.6 Å². The highest BCUT2D eigenvalue weighted by molar-refractivity contribution is 6.27. The number of carbonyl (C=O) groups excluding carboxylic acids is 1. The number of carbonyl (C=O) groups is 1. The van der Waals surface area contributed by atoms with Crippen LogP contribution in [0.4, 0.5) is 0 Å². The molecule has 0 fully saturated rings. The number of alkyl halides is 1. The van der Waals surface area contributed by atoms with Crippen LogP contribution in [0.5, 0.6) is 0 Å². The summed E-state index contributed by atoms with van der Waals surface area (Å²) in [5, 5.41) is 0. The zero-order valence-corrected chi connectivity index (χ0v) is 7.48. The first-order valence-corrected chi connectivity index (χ1v) is 3.91. The molecule has 0 saturated heterocycles. The summed E-state index contributed by atoms with van der Waals surface area (Å²) in [5.74, 6) is 0.594. The van der Waals surface area contributed by atoms with Crippen molar-refractivity contribution >= 4 is 17.5 Å². The van der Waals surface area contributed by atoms with Crippen LogP contribution in [0.25, 0.3) is 0 Å². The average molecular weight is 164 g/mol. The van der Waals surface area contributed by atoms with E-state index < -0.39 is 0 Å². The van der Waals surface area contributed by atoms with E-state index in [1.54, 1.807) is 11.9 Å². The predicted molar refractivity (Wildman–Crippen MR) is 43.2 cm³/mol. The summed E-state index contributed by atoms with van der Waals surface area (Å²) in [6.45, 7) is 4.92. The molecule has 0 aromatic heterocycles. The lowest BCUT2D eigenvalue weighted by molar-refractivity contribution is -0.127. The van der Waals surface area contributed by atoms with Gasteiger partial charge in [0.25, 0.3) is 0 Å².